The van der Waals surface area contributed by atoms with Crippen molar-refractivity contribution in [2.75, 3.05) is 26.7 Å². The van der Waals surface area contributed by atoms with Gasteiger partial charge in [-0.05, 0) is 32.2 Å². The van der Waals surface area contributed by atoms with E-state index in [-0.39, 0.29) is 17.6 Å². The molecule has 0 saturated carbocycles. The van der Waals surface area contributed by atoms with Gasteiger partial charge >= 0.3 is 0 Å². The standard InChI is InChI=1S/C12H22N2O2/c1-3-12(6-4-7-13-12)11(15)14-8-5-10(9-14)16-2/h10,13H,3-9H2,1-2H3. The average molecular weight is 226 g/mol. The van der Waals surface area contributed by atoms with Crippen molar-refractivity contribution in [3.63, 3.8) is 0 Å². The van der Waals surface area contributed by atoms with E-state index in [2.05, 4.69) is 12.2 Å². The lowest BCUT2D eigenvalue weighted by Gasteiger charge is -2.31. The molecule has 0 bridgehead atoms. The van der Waals surface area contributed by atoms with Gasteiger partial charge in [-0.1, -0.05) is 6.92 Å². The summed E-state index contributed by atoms with van der Waals surface area (Å²) in [5.74, 6) is 0.284. The summed E-state index contributed by atoms with van der Waals surface area (Å²) in [4.78, 5) is 14.4. The maximum absolute atomic E-state index is 12.5. The van der Waals surface area contributed by atoms with Crippen LogP contribution in [0.4, 0.5) is 0 Å². The summed E-state index contributed by atoms with van der Waals surface area (Å²) in [6, 6.07) is 0. The number of likely N-dealkylation sites (tertiary alicyclic amines) is 1. The van der Waals surface area contributed by atoms with Gasteiger partial charge in [-0.25, -0.2) is 0 Å². The van der Waals surface area contributed by atoms with Crippen LogP contribution < -0.4 is 5.32 Å². The molecule has 2 fully saturated rings. The second-order valence-electron chi connectivity index (χ2n) is 4.86. The first-order valence-corrected chi connectivity index (χ1v) is 6.29. The van der Waals surface area contributed by atoms with Crippen LogP contribution in [0.3, 0.4) is 0 Å². The van der Waals surface area contributed by atoms with E-state index in [1.807, 2.05) is 4.90 Å². The van der Waals surface area contributed by atoms with Gasteiger partial charge in [-0.3, -0.25) is 4.79 Å². The lowest BCUT2D eigenvalue weighted by atomic mass is 9.92. The second kappa shape index (κ2) is 4.72. The molecule has 2 aliphatic rings. The Hall–Kier alpha value is -0.610. The Labute approximate surface area is 97.3 Å². The summed E-state index contributed by atoms with van der Waals surface area (Å²) in [6.45, 7) is 4.68. The fourth-order valence-corrected chi connectivity index (χ4v) is 2.85. The number of carbonyl (C=O) groups is 1. The summed E-state index contributed by atoms with van der Waals surface area (Å²) < 4.78 is 5.31. The van der Waals surface area contributed by atoms with Crippen molar-refractivity contribution >= 4 is 5.91 Å². The molecule has 2 unspecified atom stereocenters. The molecule has 0 radical (unpaired) electrons. The van der Waals surface area contributed by atoms with Crippen molar-refractivity contribution in [3.05, 3.63) is 0 Å². The van der Waals surface area contributed by atoms with Crippen molar-refractivity contribution in [3.8, 4) is 0 Å². The summed E-state index contributed by atoms with van der Waals surface area (Å²) in [6.07, 6.45) is 4.19. The lowest BCUT2D eigenvalue weighted by Crippen LogP contribution is -2.54. The number of hydrogen-bond donors (Lipinski definition) is 1. The Balaban J connectivity index is 2.01. The third-order valence-corrected chi connectivity index (χ3v) is 4.02. The van der Waals surface area contributed by atoms with Gasteiger partial charge in [0.05, 0.1) is 11.6 Å². The summed E-state index contributed by atoms with van der Waals surface area (Å²) >= 11 is 0. The van der Waals surface area contributed by atoms with Crippen molar-refractivity contribution in [1.29, 1.82) is 0 Å². The minimum absolute atomic E-state index is 0.235. The Morgan fingerprint density at radius 2 is 2.44 bits per heavy atom. The number of ether oxygens (including phenoxy) is 1. The smallest absolute Gasteiger partial charge is 0.242 e. The maximum atomic E-state index is 12.5. The van der Waals surface area contributed by atoms with E-state index < -0.39 is 0 Å². The first-order valence-electron chi connectivity index (χ1n) is 6.29. The van der Waals surface area contributed by atoms with E-state index in [1.54, 1.807) is 7.11 Å². The van der Waals surface area contributed by atoms with E-state index in [1.165, 1.54) is 0 Å². The monoisotopic (exact) mass is 226 g/mol. The number of methoxy groups -OCH3 is 1. The summed E-state index contributed by atoms with van der Waals surface area (Å²) in [5.41, 5.74) is -0.275. The molecule has 2 rings (SSSR count). The average Bonchev–Trinajstić information content (AvgIpc) is 2.98. The van der Waals surface area contributed by atoms with Crippen LogP contribution in [0.1, 0.15) is 32.6 Å². The van der Waals surface area contributed by atoms with Gasteiger partial charge in [0.15, 0.2) is 0 Å². The maximum Gasteiger partial charge on any atom is 0.242 e. The molecule has 0 aliphatic carbocycles. The van der Waals surface area contributed by atoms with Crippen LogP contribution in [0.15, 0.2) is 0 Å². The minimum Gasteiger partial charge on any atom is -0.380 e. The molecular formula is C12H22N2O2. The number of amides is 1. The van der Waals surface area contributed by atoms with Crippen molar-refractivity contribution < 1.29 is 9.53 Å². The number of nitrogens with one attached hydrogen (secondary N) is 1. The first kappa shape index (κ1) is 11.9. The van der Waals surface area contributed by atoms with Gasteiger partial charge in [0, 0.05) is 20.2 Å². The van der Waals surface area contributed by atoms with E-state index >= 15 is 0 Å². The molecule has 16 heavy (non-hydrogen) atoms. The van der Waals surface area contributed by atoms with Crippen molar-refractivity contribution in [2.24, 2.45) is 0 Å². The summed E-state index contributed by atoms with van der Waals surface area (Å²) in [7, 11) is 1.72. The number of nitrogens with zero attached hydrogens (tertiary/aromatic N) is 1. The number of carbonyl (C=O) groups excluding carboxylic acids is 1. The molecule has 2 aliphatic heterocycles. The van der Waals surface area contributed by atoms with Crippen LogP contribution in [-0.4, -0.2) is 49.2 Å². The highest BCUT2D eigenvalue weighted by Gasteiger charge is 2.43. The van der Waals surface area contributed by atoms with E-state index in [9.17, 15) is 4.79 Å². The van der Waals surface area contributed by atoms with Crippen molar-refractivity contribution in [2.45, 2.75) is 44.2 Å². The van der Waals surface area contributed by atoms with E-state index in [0.717, 1.165) is 45.3 Å². The topological polar surface area (TPSA) is 41.6 Å². The minimum atomic E-state index is -0.275. The van der Waals surface area contributed by atoms with Gasteiger partial charge < -0.3 is 15.0 Å². The highest BCUT2D eigenvalue weighted by atomic mass is 16.5. The lowest BCUT2D eigenvalue weighted by molar-refractivity contribution is -0.137. The van der Waals surface area contributed by atoms with Crippen LogP contribution in [0.25, 0.3) is 0 Å². The quantitative estimate of drug-likeness (QED) is 0.772. The number of rotatable bonds is 3. The van der Waals surface area contributed by atoms with Crippen LogP contribution in [0.2, 0.25) is 0 Å². The highest BCUT2D eigenvalue weighted by molar-refractivity contribution is 5.87. The Morgan fingerprint density at radius 1 is 1.62 bits per heavy atom. The molecule has 0 aromatic rings. The number of hydrogen-bond acceptors (Lipinski definition) is 3. The zero-order chi connectivity index (χ0) is 11.6. The highest BCUT2D eigenvalue weighted by Crippen LogP contribution is 2.27. The van der Waals surface area contributed by atoms with E-state index in [4.69, 9.17) is 4.74 Å². The largest absolute Gasteiger partial charge is 0.380 e. The zero-order valence-electron chi connectivity index (χ0n) is 10.3. The van der Waals surface area contributed by atoms with Gasteiger partial charge in [-0.15, -0.1) is 0 Å². The zero-order valence-corrected chi connectivity index (χ0v) is 10.3. The fourth-order valence-electron chi connectivity index (χ4n) is 2.85. The molecule has 2 atom stereocenters. The van der Waals surface area contributed by atoms with Gasteiger partial charge in [0.2, 0.25) is 5.91 Å². The molecule has 2 heterocycles. The third kappa shape index (κ3) is 1.96. The van der Waals surface area contributed by atoms with Crippen LogP contribution in [0.5, 0.6) is 0 Å². The van der Waals surface area contributed by atoms with Crippen LogP contribution >= 0.6 is 0 Å². The molecule has 0 spiro atoms. The molecule has 4 heteroatoms. The Morgan fingerprint density at radius 3 is 2.94 bits per heavy atom. The van der Waals surface area contributed by atoms with Gasteiger partial charge in [0.1, 0.15) is 0 Å². The van der Waals surface area contributed by atoms with Gasteiger partial charge in [-0.2, -0.15) is 0 Å². The molecule has 2 saturated heterocycles. The van der Waals surface area contributed by atoms with Crippen LogP contribution in [0, 0.1) is 0 Å². The first-order chi connectivity index (χ1) is 7.72. The summed E-state index contributed by atoms with van der Waals surface area (Å²) in [5, 5.41) is 3.40. The molecule has 1 N–H and O–H groups in total. The van der Waals surface area contributed by atoms with Crippen LogP contribution in [-0.2, 0) is 9.53 Å². The normalized spacial score (nSPS) is 34.6. The van der Waals surface area contributed by atoms with Gasteiger partial charge in [0.25, 0.3) is 0 Å². The van der Waals surface area contributed by atoms with Crippen molar-refractivity contribution in [1.82, 2.24) is 10.2 Å². The molecule has 1 amide bonds. The molecule has 4 nitrogen and oxygen atoms in total. The second-order valence-corrected chi connectivity index (χ2v) is 4.86. The Bertz CT molecular complexity index is 262. The fraction of sp³-hybridized carbons (Fsp3) is 0.917. The van der Waals surface area contributed by atoms with E-state index in [0.29, 0.717) is 0 Å². The molecular weight excluding hydrogens is 204 g/mol. The molecule has 92 valence electrons. The Kier molecular flexibility index (Phi) is 3.50. The predicted octanol–water partition coefficient (Wildman–Crippen LogP) is 0.766. The third-order valence-electron chi connectivity index (χ3n) is 4.02. The molecule has 0 aromatic heterocycles. The predicted molar refractivity (Wildman–Crippen MR) is 62.3 cm³/mol. The molecule has 0 aromatic carbocycles. The SMILES string of the molecule is CCC1(C(=O)N2CCC(OC)C2)CCCN1.